The predicted molar refractivity (Wildman–Crippen MR) is 83.1 cm³/mol. The highest BCUT2D eigenvalue weighted by atomic mass is 16.5. The molecule has 1 saturated heterocycles. The molecule has 6 nitrogen and oxygen atoms in total. The van der Waals surface area contributed by atoms with Crippen molar-refractivity contribution in [1.82, 2.24) is 10.2 Å². The minimum atomic E-state index is -0.731. The van der Waals surface area contributed by atoms with Crippen LogP contribution in [-0.2, 0) is 4.79 Å². The van der Waals surface area contributed by atoms with Crippen LogP contribution in [0.5, 0.6) is 5.75 Å². The molecule has 1 fully saturated rings. The Morgan fingerprint density at radius 1 is 1.45 bits per heavy atom. The lowest BCUT2D eigenvalue weighted by molar-refractivity contribution is -0.141. The van der Waals surface area contributed by atoms with Gasteiger partial charge >= 0.3 is 5.97 Å². The lowest BCUT2D eigenvalue weighted by Crippen LogP contribution is -2.38. The fourth-order valence-electron chi connectivity index (χ4n) is 2.87. The van der Waals surface area contributed by atoms with Gasteiger partial charge in [0.05, 0.1) is 18.7 Å². The van der Waals surface area contributed by atoms with Crippen LogP contribution in [0, 0.1) is 5.92 Å². The number of benzene rings is 1. The number of rotatable bonds is 4. The molecule has 0 radical (unpaired) electrons. The van der Waals surface area contributed by atoms with Crippen LogP contribution >= 0.6 is 0 Å². The molecule has 1 aliphatic heterocycles. The maximum atomic E-state index is 11.2. The van der Waals surface area contributed by atoms with Gasteiger partial charge in [-0.15, -0.1) is 0 Å². The molecule has 22 heavy (non-hydrogen) atoms. The average molecular weight is 301 g/mol. The quantitative estimate of drug-likeness (QED) is 0.906. The number of hydrogen-bond acceptors (Lipinski definition) is 4. The van der Waals surface area contributed by atoms with E-state index in [-0.39, 0.29) is 5.92 Å². The third-order valence-electron chi connectivity index (χ3n) is 4.06. The second-order valence-corrected chi connectivity index (χ2v) is 5.46. The molecule has 6 heteroatoms. The van der Waals surface area contributed by atoms with Crippen molar-refractivity contribution in [3.8, 4) is 17.0 Å². The van der Waals surface area contributed by atoms with Gasteiger partial charge in [0.1, 0.15) is 5.75 Å². The van der Waals surface area contributed by atoms with Crippen molar-refractivity contribution in [3.63, 3.8) is 0 Å². The van der Waals surface area contributed by atoms with E-state index < -0.39 is 5.97 Å². The zero-order valence-electron chi connectivity index (χ0n) is 12.5. The Balaban J connectivity index is 1.83. The highest BCUT2D eigenvalue weighted by molar-refractivity contribution is 5.72. The Hall–Kier alpha value is -2.50. The Morgan fingerprint density at radius 3 is 3.05 bits per heavy atom. The second-order valence-electron chi connectivity index (χ2n) is 5.46. The van der Waals surface area contributed by atoms with E-state index >= 15 is 0 Å². The Bertz CT molecular complexity index is 668. The summed E-state index contributed by atoms with van der Waals surface area (Å²) in [5.74, 6) is 0.511. The van der Waals surface area contributed by atoms with E-state index in [4.69, 9.17) is 4.74 Å². The van der Waals surface area contributed by atoms with Crippen molar-refractivity contribution in [3.05, 3.63) is 30.3 Å². The summed E-state index contributed by atoms with van der Waals surface area (Å²) in [6.07, 6.45) is 1.60. The summed E-state index contributed by atoms with van der Waals surface area (Å²) in [4.78, 5) is 13.2. The number of carbonyl (C=O) groups is 1. The molecule has 116 valence electrons. The first-order chi connectivity index (χ1) is 10.7. The van der Waals surface area contributed by atoms with E-state index in [2.05, 4.69) is 10.2 Å². The number of methoxy groups -OCH3 is 1. The Kier molecular flexibility index (Phi) is 4.00. The van der Waals surface area contributed by atoms with Gasteiger partial charge < -0.3 is 14.7 Å². The van der Waals surface area contributed by atoms with Crippen molar-refractivity contribution in [2.24, 2.45) is 5.92 Å². The Morgan fingerprint density at radius 2 is 2.27 bits per heavy atom. The van der Waals surface area contributed by atoms with E-state index in [1.807, 2.05) is 35.2 Å². The summed E-state index contributed by atoms with van der Waals surface area (Å²) >= 11 is 0. The van der Waals surface area contributed by atoms with Gasteiger partial charge in [-0.05, 0) is 25.0 Å². The normalized spacial score (nSPS) is 18.2. The zero-order valence-corrected chi connectivity index (χ0v) is 12.5. The van der Waals surface area contributed by atoms with Crippen LogP contribution in [0.15, 0.2) is 30.3 Å². The van der Waals surface area contributed by atoms with Gasteiger partial charge in [-0.2, -0.15) is 5.10 Å². The summed E-state index contributed by atoms with van der Waals surface area (Å²) in [6.45, 7) is 1.34. The number of carboxylic acids is 1. The topological polar surface area (TPSA) is 78.4 Å². The number of H-pyrrole nitrogens is 1. The first kappa shape index (κ1) is 14.4. The smallest absolute Gasteiger partial charge is 0.308 e. The molecule has 2 aromatic rings. The van der Waals surface area contributed by atoms with Crippen molar-refractivity contribution in [2.45, 2.75) is 12.8 Å². The number of nitrogens with zero attached hydrogens (tertiary/aromatic N) is 2. The summed E-state index contributed by atoms with van der Waals surface area (Å²) in [7, 11) is 1.64. The number of aliphatic carboxylic acids is 1. The van der Waals surface area contributed by atoms with Crippen molar-refractivity contribution in [2.75, 3.05) is 25.1 Å². The maximum Gasteiger partial charge on any atom is 0.308 e. The van der Waals surface area contributed by atoms with Crippen molar-refractivity contribution in [1.29, 1.82) is 0 Å². The van der Waals surface area contributed by atoms with Gasteiger partial charge in [-0.3, -0.25) is 9.89 Å². The molecular weight excluding hydrogens is 282 g/mol. The van der Waals surface area contributed by atoms with Crippen LogP contribution in [0.3, 0.4) is 0 Å². The number of anilines is 1. The van der Waals surface area contributed by atoms with E-state index in [9.17, 15) is 9.90 Å². The van der Waals surface area contributed by atoms with Gasteiger partial charge in [0.25, 0.3) is 0 Å². The molecule has 2 N–H and O–H groups in total. The largest absolute Gasteiger partial charge is 0.496 e. The molecule has 0 amide bonds. The third-order valence-corrected chi connectivity index (χ3v) is 4.06. The molecule has 1 aliphatic rings. The van der Waals surface area contributed by atoms with Crippen LogP contribution in [0.25, 0.3) is 11.3 Å². The highest BCUT2D eigenvalue weighted by Gasteiger charge is 2.26. The lowest BCUT2D eigenvalue weighted by Gasteiger charge is -2.30. The minimum Gasteiger partial charge on any atom is -0.496 e. The van der Waals surface area contributed by atoms with E-state index in [0.717, 1.165) is 42.2 Å². The van der Waals surface area contributed by atoms with Gasteiger partial charge in [-0.1, -0.05) is 12.1 Å². The summed E-state index contributed by atoms with van der Waals surface area (Å²) in [6, 6.07) is 9.67. The van der Waals surface area contributed by atoms with Crippen LogP contribution in [0.2, 0.25) is 0 Å². The molecule has 0 bridgehead atoms. The molecule has 1 atom stereocenters. The van der Waals surface area contributed by atoms with Crippen LogP contribution in [0.1, 0.15) is 12.8 Å². The molecule has 3 rings (SSSR count). The molecule has 1 aromatic heterocycles. The number of hydrogen-bond donors (Lipinski definition) is 2. The van der Waals surface area contributed by atoms with Crippen LogP contribution in [0.4, 0.5) is 5.82 Å². The number of piperidine rings is 1. The number of para-hydroxylation sites is 1. The SMILES string of the molecule is COc1ccccc1-c1cc(N2CCCC(C(=O)O)C2)n[nH]1. The average Bonchev–Trinajstić information content (AvgIpc) is 3.04. The molecule has 0 spiro atoms. The van der Waals surface area contributed by atoms with Gasteiger partial charge in [0.15, 0.2) is 5.82 Å². The van der Waals surface area contributed by atoms with Crippen molar-refractivity contribution >= 4 is 11.8 Å². The van der Waals surface area contributed by atoms with Gasteiger partial charge in [0, 0.05) is 24.7 Å². The van der Waals surface area contributed by atoms with E-state index in [0.29, 0.717) is 6.54 Å². The van der Waals surface area contributed by atoms with E-state index in [1.54, 1.807) is 7.11 Å². The molecule has 1 unspecified atom stereocenters. The molecule has 0 saturated carbocycles. The molecule has 1 aromatic carbocycles. The number of nitrogens with one attached hydrogen (secondary N) is 1. The number of aromatic nitrogens is 2. The minimum absolute atomic E-state index is 0.319. The van der Waals surface area contributed by atoms with Crippen LogP contribution in [-0.4, -0.2) is 41.5 Å². The number of aromatic amines is 1. The Labute approximate surface area is 128 Å². The first-order valence-corrected chi connectivity index (χ1v) is 7.35. The van der Waals surface area contributed by atoms with E-state index in [1.165, 1.54) is 0 Å². The maximum absolute atomic E-state index is 11.2. The van der Waals surface area contributed by atoms with Gasteiger partial charge in [0.2, 0.25) is 0 Å². The second kappa shape index (κ2) is 6.09. The number of ether oxygens (including phenoxy) is 1. The highest BCUT2D eigenvalue weighted by Crippen LogP contribution is 2.31. The monoisotopic (exact) mass is 301 g/mol. The fourth-order valence-corrected chi connectivity index (χ4v) is 2.87. The van der Waals surface area contributed by atoms with Crippen molar-refractivity contribution < 1.29 is 14.6 Å². The standard InChI is InChI=1S/C16H19N3O3/c1-22-14-7-3-2-6-12(14)13-9-15(18-17-13)19-8-4-5-11(10-19)16(20)21/h2-3,6-7,9,11H,4-5,8,10H2,1H3,(H,17,18)(H,20,21). The molecule has 2 heterocycles. The molecule has 0 aliphatic carbocycles. The summed E-state index contributed by atoms with van der Waals surface area (Å²) in [5, 5.41) is 16.5. The fraction of sp³-hybridized carbons (Fsp3) is 0.375. The number of carboxylic acid groups (broad SMARTS) is 1. The molecular formula is C16H19N3O3. The third kappa shape index (κ3) is 2.77. The van der Waals surface area contributed by atoms with Gasteiger partial charge in [-0.25, -0.2) is 0 Å². The summed E-state index contributed by atoms with van der Waals surface area (Å²) < 4.78 is 5.36. The lowest BCUT2D eigenvalue weighted by atomic mass is 9.98. The first-order valence-electron chi connectivity index (χ1n) is 7.35. The zero-order chi connectivity index (χ0) is 15.5. The predicted octanol–water partition coefficient (Wildman–Crippen LogP) is 2.39. The summed E-state index contributed by atoms with van der Waals surface area (Å²) in [5.41, 5.74) is 1.81. The van der Waals surface area contributed by atoms with Crippen LogP contribution < -0.4 is 9.64 Å².